The highest BCUT2D eigenvalue weighted by Crippen LogP contribution is 2.29. The average molecular weight is 451 g/mol. The van der Waals surface area contributed by atoms with Crippen LogP contribution in [0.2, 0.25) is 5.02 Å². The Kier molecular flexibility index (Phi) is 8.44. The molecule has 160 valence electrons. The Labute approximate surface area is 181 Å². The van der Waals surface area contributed by atoms with Gasteiger partial charge in [0.15, 0.2) is 0 Å². The Hall–Kier alpha value is -2.84. The maximum absolute atomic E-state index is 13.3. The fraction of sp³-hybridized carbons (Fsp3) is 0.238. The van der Waals surface area contributed by atoms with Gasteiger partial charge >= 0.3 is 5.97 Å². The Morgan fingerprint density at radius 2 is 1.90 bits per heavy atom. The van der Waals surface area contributed by atoms with Gasteiger partial charge in [0.1, 0.15) is 4.90 Å². The zero-order chi connectivity index (χ0) is 22.1. The van der Waals surface area contributed by atoms with Gasteiger partial charge in [-0.25, -0.2) is 8.42 Å². The molecule has 0 spiro atoms. The van der Waals surface area contributed by atoms with Crippen LogP contribution in [0.4, 0.5) is 5.69 Å². The first-order valence-corrected chi connectivity index (χ1v) is 11.0. The summed E-state index contributed by atoms with van der Waals surface area (Å²) in [6, 6.07) is 12.5. The van der Waals surface area contributed by atoms with Crippen LogP contribution in [0.15, 0.2) is 66.1 Å². The van der Waals surface area contributed by atoms with Crippen molar-refractivity contribution >= 4 is 39.2 Å². The molecule has 2 aromatic carbocycles. The van der Waals surface area contributed by atoms with Gasteiger partial charge in [-0.15, -0.1) is 6.58 Å². The van der Waals surface area contributed by atoms with E-state index in [9.17, 15) is 18.0 Å². The molecule has 0 aliphatic heterocycles. The predicted octanol–water partition coefficient (Wildman–Crippen LogP) is 3.40. The molecule has 9 heteroatoms. The molecule has 0 saturated heterocycles. The topological polar surface area (TPSA) is 92.8 Å². The fourth-order valence-corrected chi connectivity index (χ4v) is 4.57. The summed E-state index contributed by atoms with van der Waals surface area (Å²) in [5.74, 6) is -0.956. The first kappa shape index (κ1) is 23.4. The predicted molar refractivity (Wildman–Crippen MR) is 116 cm³/mol. The lowest BCUT2D eigenvalue weighted by Crippen LogP contribution is -2.32. The maximum atomic E-state index is 13.3. The minimum atomic E-state index is -4.07. The van der Waals surface area contributed by atoms with Crippen molar-refractivity contribution in [2.45, 2.75) is 18.2 Å². The van der Waals surface area contributed by atoms with Crippen LogP contribution in [0.25, 0.3) is 0 Å². The zero-order valence-electron chi connectivity index (χ0n) is 16.5. The highest BCUT2D eigenvalue weighted by atomic mass is 35.5. The van der Waals surface area contributed by atoms with Crippen molar-refractivity contribution in [3.05, 3.63) is 71.8 Å². The quantitative estimate of drug-likeness (QED) is 0.442. The summed E-state index contributed by atoms with van der Waals surface area (Å²) >= 11 is 6.17. The molecule has 0 heterocycles. The van der Waals surface area contributed by atoms with Crippen molar-refractivity contribution < 1.29 is 22.7 Å². The van der Waals surface area contributed by atoms with Crippen molar-refractivity contribution in [1.82, 2.24) is 5.32 Å². The van der Waals surface area contributed by atoms with Crippen LogP contribution in [0.1, 0.15) is 23.7 Å². The molecule has 0 fully saturated rings. The van der Waals surface area contributed by atoms with Gasteiger partial charge in [-0.3, -0.25) is 13.9 Å². The molecule has 0 bridgehead atoms. The number of esters is 1. The summed E-state index contributed by atoms with van der Waals surface area (Å²) in [5, 5.41) is 2.55. The van der Waals surface area contributed by atoms with Crippen LogP contribution < -0.4 is 9.62 Å². The van der Waals surface area contributed by atoms with E-state index in [1.807, 2.05) is 0 Å². The number of carbonyl (C=O) groups is 2. The van der Waals surface area contributed by atoms with E-state index in [0.29, 0.717) is 5.69 Å². The smallest absolute Gasteiger partial charge is 0.307 e. The van der Waals surface area contributed by atoms with Crippen molar-refractivity contribution in [3.8, 4) is 0 Å². The molecule has 0 aromatic heterocycles. The summed E-state index contributed by atoms with van der Waals surface area (Å²) in [6.45, 7) is 5.66. The molecule has 0 unspecified atom stereocenters. The van der Waals surface area contributed by atoms with E-state index in [-0.39, 0.29) is 41.6 Å². The summed E-state index contributed by atoms with van der Waals surface area (Å²) in [4.78, 5) is 23.6. The van der Waals surface area contributed by atoms with Crippen molar-refractivity contribution in [3.63, 3.8) is 0 Å². The first-order chi connectivity index (χ1) is 14.3. The second kappa shape index (κ2) is 10.8. The second-order valence-corrected chi connectivity index (χ2v) is 8.35. The van der Waals surface area contributed by atoms with Crippen LogP contribution in [0, 0.1) is 0 Å². The third-order valence-corrected chi connectivity index (χ3v) is 6.30. The number of carbonyl (C=O) groups excluding carboxylic acids is 2. The largest absolute Gasteiger partial charge is 0.466 e. The third-order valence-electron chi connectivity index (χ3n) is 4.02. The number of ether oxygens (including phenoxy) is 1. The van der Waals surface area contributed by atoms with Gasteiger partial charge in [0.2, 0.25) is 0 Å². The summed E-state index contributed by atoms with van der Waals surface area (Å²) in [6.07, 6.45) is 1.48. The van der Waals surface area contributed by atoms with Crippen LogP contribution in [0.5, 0.6) is 0 Å². The molecule has 7 nitrogen and oxygen atoms in total. The molecule has 1 amide bonds. The van der Waals surface area contributed by atoms with E-state index in [4.69, 9.17) is 16.3 Å². The lowest BCUT2D eigenvalue weighted by molar-refractivity contribution is -0.142. The van der Waals surface area contributed by atoms with Crippen molar-refractivity contribution in [2.75, 3.05) is 24.0 Å². The molecule has 2 rings (SSSR count). The molecule has 0 aliphatic rings. The average Bonchev–Trinajstić information content (AvgIpc) is 2.72. The highest BCUT2D eigenvalue weighted by molar-refractivity contribution is 7.93. The number of rotatable bonds is 10. The van der Waals surface area contributed by atoms with Gasteiger partial charge in [0.25, 0.3) is 15.9 Å². The minimum absolute atomic E-state index is 0.0110. The number of amides is 1. The molecule has 1 N–H and O–H groups in total. The van der Waals surface area contributed by atoms with Gasteiger partial charge < -0.3 is 10.1 Å². The number of benzene rings is 2. The molecule has 0 aliphatic carbocycles. The van der Waals surface area contributed by atoms with Gasteiger partial charge in [-0.1, -0.05) is 35.9 Å². The molecule has 0 radical (unpaired) electrons. The summed E-state index contributed by atoms with van der Waals surface area (Å²) in [7, 11) is -4.07. The minimum Gasteiger partial charge on any atom is -0.466 e. The number of nitrogens with one attached hydrogen (secondary N) is 1. The molecular weight excluding hydrogens is 428 g/mol. The van der Waals surface area contributed by atoms with Gasteiger partial charge in [0.05, 0.1) is 30.3 Å². The number of hydrogen-bond acceptors (Lipinski definition) is 5. The number of sulfonamides is 1. The molecule has 0 atom stereocenters. The monoisotopic (exact) mass is 450 g/mol. The second-order valence-electron chi connectivity index (χ2n) is 6.12. The summed E-state index contributed by atoms with van der Waals surface area (Å²) < 4.78 is 32.5. The van der Waals surface area contributed by atoms with Gasteiger partial charge in [-0.05, 0) is 37.3 Å². The molecule has 30 heavy (non-hydrogen) atoms. The number of halogens is 1. The molecule has 0 saturated carbocycles. The molecule has 2 aromatic rings. The Bertz CT molecular complexity index is 1010. The van der Waals surface area contributed by atoms with E-state index in [1.54, 1.807) is 37.3 Å². The van der Waals surface area contributed by atoms with Gasteiger partial charge in [0, 0.05) is 12.1 Å². The van der Waals surface area contributed by atoms with E-state index in [2.05, 4.69) is 11.9 Å². The standard InChI is InChI=1S/C21H23ClN2O5S/c1-3-14-24(17-8-6-5-7-9-17)30(27,28)19-15-16(10-11-18(19)22)21(26)23-13-12-20(25)29-4-2/h3,5-11,15H,1,4,12-14H2,2H3,(H,23,26). The number of para-hydroxylation sites is 1. The van der Waals surface area contributed by atoms with E-state index >= 15 is 0 Å². The normalized spacial score (nSPS) is 10.9. The van der Waals surface area contributed by atoms with Crippen LogP contribution in [-0.2, 0) is 19.6 Å². The zero-order valence-corrected chi connectivity index (χ0v) is 18.1. The van der Waals surface area contributed by atoms with Crippen LogP contribution in [0.3, 0.4) is 0 Å². The Balaban J connectivity index is 2.29. The van der Waals surface area contributed by atoms with E-state index in [1.165, 1.54) is 24.3 Å². The SMILES string of the molecule is C=CCN(c1ccccc1)S(=O)(=O)c1cc(C(=O)NCCC(=O)OCC)ccc1Cl. The Morgan fingerprint density at radius 3 is 2.53 bits per heavy atom. The Morgan fingerprint density at radius 1 is 1.20 bits per heavy atom. The first-order valence-electron chi connectivity index (χ1n) is 9.23. The lowest BCUT2D eigenvalue weighted by Gasteiger charge is -2.24. The number of hydrogen-bond donors (Lipinski definition) is 1. The van der Waals surface area contributed by atoms with Crippen molar-refractivity contribution in [2.24, 2.45) is 0 Å². The van der Waals surface area contributed by atoms with E-state index in [0.717, 1.165) is 4.31 Å². The lowest BCUT2D eigenvalue weighted by atomic mass is 10.2. The number of anilines is 1. The molecular formula is C21H23ClN2O5S. The van der Waals surface area contributed by atoms with Crippen LogP contribution >= 0.6 is 11.6 Å². The number of nitrogens with zero attached hydrogens (tertiary/aromatic N) is 1. The third kappa shape index (κ3) is 5.84. The fourth-order valence-electron chi connectivity index (χ4n) is 2.63. The summed E-state index contributed by atoms with van der Waals surface area (Å²) in [5.41, 5.74) is 0.547. The van der Waals surface area contributed by atoms with E-state index < -0.39 is 21.9 Å². The van der Waals surface area contributed by atoms with Gasteiger partial charge in [-0.2, -0.15) is 0 Å². The highest BCUT2D eigenvalue weighted by Gasteiger charge is 2.27. The van der Waals surface area contributed by atoms with Crippen molar-refractivity contribution in [1.29, 1.82) is 0 Å². The van der Waals surface area contributed by atoms with Crippen LogP contribution in [-0.4, -0.2) is 40.0 Å². The maximum Gasteiger partial charge on any atom is 0.307 e.